The van der Waals surface area contributed by atoms with Crippen LogP contribution in [0.2, 0.25) is 0 Å². The summed E-state index contributed by atoms with van der Waals surface area (Å²) in [4.78, 5) is 2.53. The zero-order chi connectivity index (χ0) is 12.8. The summed E-state index contributed by atoms with van der Waals surface area (Å²) in [5, 5.41) is 0. The lowest BCUT2D eigenvalue weighted by molar-refractivity contribution is 0.554. The number of anilines is 1. The fraction of sp³-hybridized carbons (Fsp3) is 0.600. The van der Waals surface area contributed by atoms with E-state index in [1.54, 1.807) is 0 Å². The Morgan fingerprint density at radius 1 is 1.28 bits per heavy atom. The molecule has 3 heteroatoms. The highest BCUT2D eigenvalue weighted by Crippen LogP contribution is 2.55. The molecule has 1 atom stereocenters. The number of nitrogens with zero attached hydrogens (tertiary/aromatic N) is 1. The first-order chi connectivity index (χ1) is 8.65. The van der Waals surface area contributed by atoms with E-state index < -0.39 is 0 Å². The SMILES string of the molecule is CC(N)C1(c2c(Br)cccc2N2CCCC2)CC1. The minimum absolute atomic E-state index is 0.220. The predicted molar refractivity (Wildman–Crippen MR) is 80.2 cm³/mol. The van der Waals surface area contributed by atoms with E-state index in [-0.39, 0.29) is 11.5 Å². The molecule has 1 aliphatic heterocycles. The van der Waals surface area contributed by atoms with Gasteiger partial charge in [-0.25, -0.2) is 0 Å². The van der Waals surface area contributed by atoms with Crippen molar-refractivity contribution in [3.63, 3.8) is 0 Å². The Hall–Kier alpha value is -0.540. The largest absolute Gasteiger partial charge is 0.371 e. The minimum Gasteiger partial charge on any atom is -0.371 e. The number of benzene rings is 1. The van der Waals surface area contributed by atoms with Crippen LogP contribution >= 0.6 is 15.9 Å². The van der Waals surface area contributed by atoms with Crippen LogP contribution in [0.3, 0.4) is 0 Å². The van der Waals surface area contributed by atoms with E-state index in [9.17, 15) is 0 Å². The number of rotatable bonds is 3. The van der Waals surface area contributed by atoms with Crippen LogP contribution in [-0.4, -0.2) is 19.1 Å². The second-order valence-corrected chi connectivity index (χ2v) is 6.63. The molecule has 3 rings (SSSR count). The Labute approximate surface area is 118 Å². The number of nitrogens with two attached hydrogens (primary N) is 1. The lowest BCUT2D eigenvalue weighted by Crippen LogP contribution is -2.34. The van der Waals surface area contributed by atoms with Crippen molar-refractivity contribution in [3.05, 3.63) is 28.2 Å². The lowest BCUT2D eigenvalue weighted by atomic mass is 9.88. The molecule has 2 nitrogen and oxygen atoms in total. The third kappa shape index (κ3) is 1.88. The maximum absolute atomic E-state index is 6.26. The maximum Gasteiger partial charge on any atom is 0.0416 e. The van der Waals surface area contributed by atoms with Gasteiger partial charge in [0, 0.05) is 34.7 Å². The maximum atomic E-state index is 6.26. The zero-order valence-electron chi connectivity index (χ0n) is 11.0. The number of hydrogen-bond acceptors (Lipinski definition) is 2. The third-order valence-electron chi connectivity index (χ3n) is 4.60. The minimum atomic E-state index is 0.220. The fourth-order valence-corrected chi connectivity index (χ4v) is 4.05. The van der Waals surface area contributed by atoms with Gasteiger partial charge in [0.1, 0.15) is 0 Å². The molecule has 1 aromatic rings. The molecule has 1 saturated heterocycles. The van der Waals surface area contributed by atoms with Gasteiger partial charge in [0.25, 0.3) is 0 Å². The summed E-state index contributed by atoms with van der Waals surface area (Å²) in [6.45, 7) is 4.54. The van der Waals surface area contributed by atoms with Crippen LogP contribution in [0.1, 0.15) is 38.2 Å². The van der Waals surface area contributed by atoms with Crippen LogP contribution in [0.4, 0.5) is 5.69 Å². The van der Waals surface area contributed by atoms with Gasteiger partial charge in [0.2, 0.25) is 0 Å². The predicted octanol–water partition coefficient (Wildman–Crippen LogP) is 3.43. The van der Waals surface area contributed by atoms with Crippen LogP contribution in [0.5, 0.6) is 0 Å². The molecule has 0 aromatic heterocycles. The zero-order valence-corrected chi connectivity index (χ0v) is 12.5. The fourth-order valence-electron chi connectivity index (χ4n) is 3.29. The molecule has 98 valence electrons. The van der Waals surface area contributed by atoms with E-state index in [1.165, 1.54) is 54.5 Å². The molecule has 2 aliphatic rings. The van der Waals surface area contributed by atoms with E-state index in [0.29, 0.717) is 0 Å². The number of hydrogen-bond donors (Lipinski definition) is 1. The van der Waals surface area contributed by atoms with Crippen molar-refractivity contribution in [2.24, 2.45) is 5.73 Å². The smallest absolute Gasteiger partial charge is 0.0416 e. The Kier molecular flexibility index (Phi) is 3.15. The van der Waals surface area contributed by atoms with Crippen LogP contribution in [-0.2, 0) is 5.41 Å². The summed E-state index contributed by atoms with van der Waals surface area (Å²) in [6, 6.07) is 6.82. The molecule has 1 aliphatic carbocycles. The van der Waals surface area contributed by atoms with Gasteiger partial charge in [-0.1, -0.05) is 22.0 Å². The van der Waals surface area contributed by atoms with E-state index in [1.807, 2.05) is 0 Å². The topological polar surface area (TPSA) is 29.3 Å². The van der Waals surface area contributed by atoms with Gasteiger partial charge in [0.05, 0.1) is 0 Å². The molecular weight excluding hydrogens is 288 g/mol. The molecule has 2 fully saturated rings. The molecule has 18 heavy (non-hydrogen) atoms. The Balaban J connectivity index is 2.07. The molecular formula is C15H21BrN2. The van der Waals surface area contributed by atoms with Crippen molar-refractivity contribution < 1.29 is 0 Å². The second kappa shape index (κ2) is 4.53. The highest BCUT2D eigenvalue weighted by atomic mass is 79.9. The van der Waals surface area contributed by atoms with E-state index in [0.717, 1.165) is 0 Å². The van der Waals surface area contributed by atoms with Crippen molar-refractivity contribution in [1.82, 2.24) is 0 Å². The molecule has 2 N–H and O–H groups in total. The summed E-state index contributed by atoms with van der Waals surface area (Å²) in [7, 11) is 0. The van der Waals surface area contributed by atoms with E-state index in [2.05, 4.69) is 46.0 Å². The van der Waals surface area contributed by atoms with Gasteiger partial charge in [-0.05, 0) is 50.3 Å². The van der Waals surface area contributed by atoms with E-state index in [4.69, 9.17) is 5.73 Å². The lowest BCUT2D eigenvalue weighted by Gasteiger charge is -2.29. The van der Waals surface area contributed by atoms with Gasteiger partial charge in [-0.15, -0.1) is 0 Å². The van der Waals surface area contributed by atoms with Crippen LogP contribution in [0.25, 0.3) is 0 Å². The normalized spacial score (nSPS) is 23.2. The van der Waals surface area contributed by atoms with Gasteiger partial charge < -0.3 is 10.6 Å². The highest BCUT2D eigenvalue weighted by molar-refractivity contribution is 9.10. The third-order valence-corrected chi connectivity index (χ3v) is 5.26. The van der Waals surface area contributed by atoms with Gasteiger partial charge in [-0.2, -0.15) is 0 Å². The van der Waals surface area contributed by atoms with Gasteiger partial charge in [0.15, 0.2) is 0 Å². The first-order valence-electron chi connectivity index (χ1n) is 6.95. The molecule has 0 bridgehead atoms. The summed E-state index contributed by atoms with van der Waals surface area (Å²) in [6.07, 6.45) is 5.09. The van der Waals surface area contributed by atoms with E-state index >= 15 is 0 Å². The van der Waals surface area contributed by atoms with Crippen molar-refractivity contribution in [2.75, 3.05) is 18.0 Å². The molecule has 1 saturated carbocycles. The molecule has 0 amide bonds. The quantitative estimate of drug-likeness (QED) is 0.927. The first-order valence-corrected chi connectivity index (χ1v) is 7.74. The summed E-state index contributed by atoms with van der Waals surface area (Å²) < 4.78 is 1.24. The molecule has 1 heterocycles. The van der Waals surface area contributed by atoms with Crippen LogP contribution < -0.4 is 10.6 Å². The average molecular weight is 309 g/mol. The Bertz CT molecular complexity index is 446. The molecule has 0 spiro atoms. The van der Waals surface area contributed by atoms with Gasteiger partial charge >= 0.3 is 0 Å². The van der Waals surface area contributed by atoms with Crippen molar-refractivity contribution >= 4 is 21.6 Å². The monoisotopic (exact) mass is 308 g/mol. The first kappa shape index (κ1) is 12.5. The summed E-state index contributed by atoms with van der Waals surface area (Å²) in [5.41, 5.74) is 9.36. The van der Waals surface area contributed by atoms with Gasteiger partial charge in [-0.3, -0.25) is 0 Å². The van der Waals surface area contributed by atoms with Crippen molar-refractivity contribution in [3.8, 4) is 0 Å². The summed E-state index contributed by atoms with van der Waals surface area (Å²) >= 11 is 3.76. The standard InChI is InChI=1S/C15H21BrN2/c1-11(17)15(7-8-15)14-12(16)5-4-6-13(14)18-9-2-3-10-18/h4-6,11H,2-3,7-10,17H2,1H3. The Morgan fingerprint density at radius 3 is 2.50 bits per heavy atom. The highest BCUT2D eigenvalue weighted by Gasteiger charge is 2.50. The number of halogens is 1. The van der Waals surface area contributed by atoms with Crippen LogP contribution in [0, 0.1) is 0 Å². The average Bonchev–Trinajstić information content (AvgIpc) is 2.97. The molecule has 0 radical (unpaired) electrons. The van der Waals surface area contributed by atoms with Crippen molar-refractivity contribution in [2.45, 2.75) is 44.1 Å². The Morgan fingerprint density at radius 2 is 1.94 bits per heavy atom. The molecule has 1 unspecified atom stereocenters. The van der Waals surface area contributed by atoms with Crippen molar-refractivity contribution in [1.29, 1.82) is 0 Å². The van der Waals surface area contributed by atoms with Crippen LogP contribution in [0.15, 0.2) is 22.7 Å². The second-order valence-electron chi connectivity index (χ2n) is 5.77. The summed E-state index contributed by atoms with van der Waals surface area (Å²) in [5.74, 6) is 0. The molecule has 1 aromatic carbocycles.